The Morgan fingerprint density at radius 2 is 2.25 bits per heavy atom. The van der Waals surface area contributed by atoms with Gasteiger partial charge >= 0.3 is 0 Å². The van der Waals surface area contributed by atoms with Gasteiger partial charge in [0.2, 0.25) is 10.8 Å². The van der Waals surface area contributed by atoms with Crippen LogP contribution < -0.4 is 4.74 Å². The summed E-state index contributed by atoms with van der Waals surface area (Å²) in [4.78, 5) is 7.64. The summed E-state index contributed by atoms with van der Waals surface area (Å²) in [5, 5.41) is 24.1. The molecule has 3 rings (SSSR count). The Kier molecular flexibility index (Phi) is 4.98. The van der Waals surface area contributed by atoms with Crippen molar-refractivity contribution in [1.82, 2.24) is 19.5 Å². The zero-order valence-corrected chi connectivity index (χ0v) is 14.4. The van der Waals surface area contributed by atoms with Crippen LogP contribution in [0.5, 0.6) is 11.6 Å². The molecule has 128 valence electrons. The normalized spacial score (nSPS) is 12.8. The number of ether oxygens (including phenoxy) is 1. The van der Waals surface area contributed by atoms with Gasteiger partial charge in [-0.15, -0.1) is 0 Å². The minimum atomic E-state index is -0.217. The predicted molar refractivity (Wildman–Crippen MR) is 91.7 cm³/mol. The number of aliphatic hydroxyl groups excluding tert-OH is 1. The first-order chi connectivity index (χ1) is 11.7. The number of fused-ring (bicyclic) bond motifs is 1. The lowest BCUT2D eigenvalue weighted by Gasteiger charge is -2.30. The molecule has 24 heavy (non-hydrogen) atoms. The molecule has 1 unspecified atom stereocenters. The van der Waals surface area contributed by atoms with Gasteiger partial charge in [0.05, 0.1) is 24.6 Å². The number of aromatic nitrogens is 3. The molecule has 0 amide bonds. The molecule has 0 saturated heterocycles. The van der Waals surface area contributed by atoms with Gasteiger partial charge in [0.1, 0.15) is 12.1 Å². The number of likely N-dealkylation sites (N-methyl/N-ethyl adjacent to an activating group) is 1. The Balaban J connectivity index is 2.13. The lowest BCUT2D eigenvalue weighted by atomic mass is 10.0. The Morgan fingerprint density at radius 3 is 2.92 bits per heavy atom. The first-order valence-corrected chi connectivity index (χ1v) is 8.51. The fraction of sp³-hybridized carbons (Fsp3) is 0.375. The van der Waals surface area contributed by atoms with Crippen LogP contribution in [0.15, 0.2) is 30.6 Å². The van der Waals surface area contributed by atoms with Gasteiger partial charge < -0.3 is 14.9 Å². The summed E-state index contributed by atoms with van der Waals surface area (Å²) in [6.45, 7) is 3.27. The van der Waals surface area contributed by atoms with Crippen molar-refractivity contribution in [3.8, 4) is 11.6 Å². The second-order valence-corrected chi connectivity index (χ2v) is 6.28. The number of aromatic hydroxyl groups is 1. The minimum absolute atomic E-state index is 0.0375. The van der Waals surface area contributed by atoms with E-state index >= 15 is 0 Å². The monoisotopic (exact) mass is 348 g/mol. The standard InChI is InChI=1S/C16H20N4O3S/c1-3-19(7-8-21)13(11-5-4-6-12(9-11)23-2)14-15(22)20-16(24-14)17-10-18-20/h4-6,9-10,13,21-22H,3,7-8H2,1-2H3. The number of methoxy groups -OCH3 is 1. The number of hydrogen-bond acceptors (Lipinski definition) is 7. The third-order valence-corrected chi connectivity index (χ3v) is 5.04. The van der Waals surface area contributed by atoms with Crippen molar-refractivity contribution < 1.29 is 14.9 Å². The van der Waals surface area contributed by atoms with Crippen LogP contribution in [0.2, 0.25) is 0 Å². The van der Waals surface area contributed by atoms with Crippen molar-refractivity contribution in [3.63, 3.8) is 0 Å². The molecule has 0 saturated carbocycles. The van der Waals surface area contributed by atoms with Crippen molar-refractivity contribution in [2.24, 2.45) is 0 Å². The lowest BCUT2D eigenvalue weighted by molar-refractivity contribution is 0.174. The summed E-state index contributed by atoms with van der Waals surface area (Å²) < 4.78 is 6.76. The van der Waals surface area contributed by atoms with Crippen LogP contribution >= 0.6 is 11.3 Å². The van der Waals surface area contributed by atoms with E-state index < -0.39 is 0 Å². The van der Waals surface area contributed by atoms with E-state index in [1.807, 2.05) is 31.2 Å². The molecule has 0 aliphatic rings. The largest absolute Gasteiger partial charge is 0.497 e. The van der Waals surface area contributed by atoms with Gasteiger partial charge in [-0.2, -0.15) is 9.61 Å². The molecular weight excluding hydrogens is 328 g/mol. The molecule has 7 nitrogen and oxygen atoms in total. The van der Waals surface area contributed by atoms with Gasteiger partial charge in [-0.1, -0.05) is 30.4 Å². The lowest BCUT2D eigenvalue weighted by Crippen LogP contribution is -2.31. The van der Waals surface area contributed by atoms with Crippen molar-refractivity contribution in [2.45, 2.75) is 13.0 Å². The van der Waals surface area contributed by atoms with Gasteiger partial charge in [0.15, 0.2) is 0 Å². The first-order valence-electron chi connectivity index (χ1n) is 7.69. The van der Waals surface area contributed by atoms with Crippen molar-refractivity contribution >= 4 is 16.3 Å². The second-order valence-electron chi connectivity index (χ2n) is 5.28. The van der Waals surface area contributed by atoms with Gasteiger partial charge in [-0.3, -0.25) is 4.90 Å². The number of rotatable bonds is 7. The second kappa shape index (κ2) is 7.16. The number of hydrogen-bond donors (Lipinski definition) is 2. The minimum Gasteiger partial charge on any atom is -0.497 e. The molecule has 0 bridgehead atoms. The van der Waals surface area contributed by atoms with Gasteiger partial charge in [0.25, 0.3) is 0 Å². The Hall–Kier alpha value is -2.16. The molecule has 3 aromatic rings. The van der Waals surface area contributed by atoms with Crippen LogP contribution in [0.25, 0.3) is 4.96 Å². The van der Waals surface area contributed by atoms with Crippen LogP contribution in [0.1, 0.15) is 23.4 Å². The highest BCUT2D eigenvalue weighted by molar-refractivity contribution is 7.17. The molecule has 2 N–H and O–H groups in total. The third kappa shape index (κ3) is 2.95. The molecule has 0 fully saturated rings. The van der Waals surface area contributed by atoms with Crippen LogP contribution in [0.4, 0.5) is 0 Å². The zero-order valence-electron chi connectivity index (χ0n) is 13.6. The Labute approximate surface area is 143 Å². The molecule has 0 aliphatic carbocycles. The quantitative estimate of drug-likeness (QED) is 0.679. The number of thiazole rings is 1. The summed E-state index contributed by atoms with van der Waals surface area (Å²) in [5.41, 5.74) is 0.976. The fourth-order valence-corrected chi connectivity index (χ4v) is 3.90. The third-order valence-electron chi connectivity index (χ3n) is 3.96. The summed E-state index contributed by atoms with van der Waals surface area (Å²) in [6.07, 6.45) is 1.42. The first kappa shape index (κ1) is 16.7. The predicted octanol–water partition coefficient (Wildman–Crippen LogP) is 1.91. The molecule has 1 aromatic carbocycles. The van der Waals surface area contributed by atoms with Crippen LogP contribution in [-0.4, -0.2) is 56.5 Å². The van der Waals surface area contributed by atoms with E-state index in [0.29, 0.717) is 11.5 Å². The maximum absolute atomic E-state index is 10.6. The average molecular weight is 348 g/mol. The van der Waals surface area contributed by atoms with E-state index in [2.05, 4.69) is 15.0 Å². The fourth-order valence-electron chi connectivity index (χ4n) is 2.81. The SMILES string of the molecule is CCN(CCO)C(c1cccc(OC)c1)c1sc2ncnn2c1O. The Bertz CT molecular complexity index is 817. The van der Waals surface area contributed by atoms with Crippen LogP contribution in [0, 0.1) is 0 Å². The summed E-state index contributed by atoms with van der Waals surface area (Å²) in [7, 11) is 1.63. The molecule has 0 spiro atoms. The molecule has 0 aliphatic heterocycles. The van der Waals surface area contributed by atoms with E-state index in [9.17, 15) is 10.2 Å². The van der Waals surface area contributed by atoms with Crippen molar-refractivity contribution in [1.29, 1.82) is 0 Å². The summed E-state index contributed by atoms with van der Waals surface area (Å²) >= 11 is 1.39. The molecule has 8 heteroatoms. The van der Waals surface area contributed by atoms with E-state index in [-0.39, 0.29) is 18.5 Å². The van der Waals surface area contributed by atoms with E-state index in [1.165, 1.54) is 22.2 Å². The van der Waals surface area contributed by atoms with Crippen LogP contribution in [-0.2, 0) is 0 Å². The van der Waals surface area contributed by atoms with E-state index in [4.69, 9.17) is 4.74 Å². The number of benzene rings is 1. The zero-order chi connectivity index (χ0) is 17.1. The number of nitrogens with zero attached hydrogens (tertiary/aromatic N) is 4. The molecule has 2 aromatic heterocycles. The molecule has 2 heterocycles. The maximum Gasteiger partial charge on any atom is 0.230 e. The highest BCUT2D eigenvalue weighted by Crippen LogP contribution is 2.40. The van der Waals surface area contributed by atoms with Crippen molar-refractivity contribution in [2.75, 3.05) is 26.8 Å². The Morgan fingerprint density at radius 1 is 1.42 bits per heavy atom. The van der Waals surface area contributed by atoms with E-state index in [0.717, 1.165) is 22.7 Å². The number of aliphatic hydroxyl groups is 1. The van der Waals surface area contributed by atoms with E-state index in [1.54, 1.807) is 7.11 Å². The van der Waals surface area contributed by atoms with Gasteiger partial charge in [-0.25, -0.2) is 4.98 Å². The molecular formula is C16H20N4O3S. The van der Waals surface area contributed by atoms with Crippen LogP contribution in [0.3, 0.4) is 0 Å². The maximum atomic E-state index is 10.6. The topological polar surface area (TPSA) is 83.1 Å². The summed E-state index contributed by atoms with van der Waals surface area (Å²) in [5.74, 6) is 0.827. The molecule has 0 radical (unpaired) electrons. The summed E-state index contributed by atoms with van der Waals surface area (Å²) in [6, 6.07) is 7.52. The van der Waals surface area contributed by atoms with Gasteiger partial charge in [-0.05, 0) is 24.2 Å². The van der Waals surface area contributed by atoms with Crippen molar-refractivity contribution in [3.05, 3.63) is 41.0 Å². The molecule has 1 atom stereocenters. The highest BCUT2D eigenvalue weighted by Gasteiger charge is 2.28. The highest BCUT2D eigenvalue weighted by atomic mass is 32.1. The van der Waals surface area contributed by atoms with Gasteiger partial charge in [0, 0.05) is 6.54 Å². The smallest absolute Gasteiger partial charge is 0.230 e. The average Bonchev–Trinajstić information content (AvgIpc) is 3.18.